The Morgan fingerprint density at radius 2 is 2.17 bits per heavy atom. The molecule has 0 unspecified atom stereocenters. The second-order valence-corrected chi connectivity index (χ2v) is 4.39. The van der Waals surface area contributed by atoms with Crippen LogP contribution in [0.4, 0.5) is 0 Å². The molecule has 2 N–H and O–H groups in total. The molecule has 0 fully saturated rings. The van der Waals surface area contributed by atoms with Crippen LogP contribution in [0.3, 0.4) is 0 Å². The maximum Gasteiger partial charge on any atom is 0.138 e. The smallest absolute Gasteiger partial charge is 0.138 e. The number of ketones is 1. The number of rotatable bonds is 6. The lowest BCUT2D eigenvalue weighted by molar-refractivity contribution is -0.118. The molecular formula is C14H19N3O. The minimum atomic E-state index is 0.215. The number of fused-ring (bicyclic) bond motifs is 1. The molecule has 0 saturated heterocycles. The predicted molar refractivity (Wildman–Crippen MR) is 72.4 cm³/mol. The molecule has 2 rings (SSSR count). The molecule has 0 bridgehead atoms. The van der Waals surface area contributed by atoms with E-state index in [9.17, 15) is 4.79 Å². The van der Waals surface area contributed by atoms with E-state index in [1.165, 1.54) is 0 Å². The molecule has 18 heavy (non-hydrogen) atoms. The van der Waals surface area contributed by atoms with Crippen LogP contribution in [0.25, 0.3) is 10.9 Å². The second kappa shape index (κ2) is 5.78. The minimum absolute atomic E-state index is 0.215. The van der Waals surface area contributed by atoms with Gasteiger partial charge >= 0.3 is 0 Å². The summed E-state index contributed by atoms with van der Waals surface area (Å²) in [6, 6.07) is 8.05. The number of nitrogens with zero attached hydrogens (tertiary/aromatic N) is 2. The number of carbonyl (C=O) groups excluding carboxylic acids is 1. The molecule has 1 aromatic carbocycles. The largest absolute Gasteiger partial charge is 0.330 e. The summed E-state index contributed by atoms with van der Waals surface area (Å²) in [6.07, 6.45) is 1.71. The second-order valence-electron chi connectivity index (χ2n) is 4.39. The number of benzene rings is 1. The molecule has 0 amide bonds. The van der Waals surface area contributed by atoms with Gasteiger partial charge in [-0.1, -0.05) is 18.2 Å². The lowest BCUT2D eigenvalue weighted by Crippen LogP contribution is -2.08. The molecule has 96 valence electrons. The van der Waals surface area contributed by atoms with Crippen LogP contribution in [-0.4, -0.2) is 22.1 Å². The Hall–Kier alpha value is -1.68. The first kappa shape index (κ1) is 12.8. The number of para-hydroxylation sites is 1. The van der Waals surface area contributed by atoms with Crippen molar-refractivity contribution in [2.24, 2.45) is 5.73 Å². The fourth-order valence-electron chi connectivity index (χ4n) is 2.14. The van der Waals surface area contributed by atoms with Gasteiger partial charge in [-0.2, -0.15) is 5.10 Å². The van der Waals surface area contributed by atoms with Gasteiger partial charge < -0.3 is 5.73 Å². The molecule has 1 aromatic heterocycles. The Kier molecular flexibility index (Phi) is 4.10. The van der Waals surface area contributed by atoms with Crippen LogP contribution in [0.15, 0.2) is 24.3 Å². The van der Waals surface area contributed by atoms with Crippen LogP contribution in [-0.2, 0) is 17.8 Å². The lowest BCUT2D eigenvalue weighted by atomic mass is 10.1. The Morgan fingerprint density at radius 3 is 2.89 bits per heavy atom. The molecule has 4 nitrogen and oxygen atoms in total. The van der Waals surface area contributed by atoms with Crippen molar-refractivity contribution in [3.05, 3.63) is 30.0 Å². The molecule has 2 aromatic rings. The molecule has 0 saturated carbocycles. The van der Waals surface area contributed by atoms with E-state index in [1.54, 1.807) is 0 Å². The number of aromatic nitrogens is 2. The van der Waals surface area contributed by atoms with Crippen LogP contribution in [0.2, 0.25) is 0 Å². The number of hydrogen-bond acceptors (Lipinski definition) is 3. The minimum Gasteiger partial charge on any atom is -0.330 e. The highest BCUT2D eigenvalue weighted by Crippen LogP contribution is 2.19. The van der Waals surface area contributed by atoms with Crippen molar-refractivity contribution >= 4 is 16.7 Å². The van der Waals surface area contributed by atoms with E-state index in [4.69, 9.17) is 5.73 Å². The van der Waals surface area contributed by atoms with Gasteiger partial charge in [-0.15, -0.1) is 0 Å². The highest BCUT2D eigenvalue weighted by Gasteiger charge is 2.12. The Balaban J connectivity index is 2.25. The Morgan fingerprint density at radius 1 is 1.39 bits per heavy atom. The van der Waals surface area contributed by atoms with Crippen LogP contribution in [0, 0.1) is 0 Å². The average Bonchev–Trinajstić information content (AvgIpc) is 2.75. The molecule has 0 radical (unpaired) electrons. The number of hydrogen-bond donors (Lipinski definition) is 1. The zero-order valence-electron chi connectivity index (χ0n) is 10.7. The lowest BCUT2D eigenvalue weighted by Gasteiger charge is -1.97. The van der Waals surface area contributed by atoms with Gasteiger partial charge in [0.1, 0.15) is 5.78 Å². The molecule has 1 heterocycles. The third-order valence-electron chi connectivity index (χ3n) is 3.06. The first-order chi connectivity index (χ1) is 8.76. The summed E-state index contributed by atoms with van der Waals surface area (Å²) in [6.45, 7) is 3.44. The first-order valence-electron chi connectivity index (χ1n) is 6.42. The first-order valence-corrected chi connectivity index (χ1v) is 6.42. The fraction of sp³-hybridized carbons (Fsp3) is 0.429. The van der Waals surface area contributed by atoms with Crippen molar-refractivity contribution in [1.29, 1.82) is 0 Å². The maximum absolute atomic E-state index is 11.8. The quantitative estimate of drug-likeness (QED) is 0.845. The number of aryl methyl sites for hydroxylation is 1. The predicted octanol–water partition coefficient (Wildman–Crippen LogP) is 1.91. The molecule has 0 aliphatic rings. The third kappa shape index (κ3) is 2.59. The van der Waals surface area contributed by atoms with Crippen molar-refractivity contribution in [3.8, 4) is 0 Å². The topological polar surface area (TPSA) is 60.9 Å². The highest BCUT2D eigenvalue weighted by atomic mass is 16.1. The molecular weight excluding hydrogens is 226 g/mol. The highest BCUT2D eigenvalue weighted by molar-refractivity contribution is 5.88. The van der Waals surface area contributed by atoms with Crippen LogP contribution in [0.5, 0.6) is 0 Å². The summed E-state index contributed by atoms with van der Waals surface area (Å²) >= 11 is 0. The van der Waals surface area contributed by atoms with Gasteiger partial charge in [0, 0.05) is 18.4 Å². The van der Waals surface area contributed by atoms with Gasteiger partial charge in [-0.25, -0.2) is 0 Å². The van der Waals surface area contributed by atoms with E-state index in [0.717, 1.165) is 29.6 Å². The fourth-order valence-corrected chi connectivity index (χ4v) is 2.14. The Bertz CT molecular complexity index is 545. The summed E-state index contributed by atoms with van der Waals surface area (Å²) in [4.78, 5) is 11.8. The summed E-state index contributed by atoms with van der Waals surface area (Å²) in [5, 5.41) is 5.60. The van der Waals surface area contributed by atoms with E-state index in [2.05, 4.69) is 12.0 Å². The number of Topliss-reactive ketones (excluding diaryl/α,β-unsaturated/α-hetero) is 1. The van der Waals surface area contributed by atoms with Crippen molar-refractivity contribution in [3.63, 3.8) is 0 Å². The summed E-state index contributed by atoms with van der Waals surface area (Å²) in [5.41, 5.74) is 7.40. The summed E-state index contributed by atoms with van der Waals surface area (Å²) < 4.78 is 1.95. The van der Waals surface area contributed by atoms with Crippen molar-refractivity contribution in [2.75, 3.05) is 6.54 Å². The monoisotopic (exact) mass is 245 g/mol. The van der Waals surface area contributed by atoms with Crippen molar-refractivity contribution in [2.45, 2.75) is 32.7 Å². The summed E-state index contributed by atoms with van der Waals surface area (Å²) in [7, 11) is 0. The molecule has 0 spiro atoms. The molecule has 0 atom stereocenters. The van der Waals surface area contributed by atoms with Gasteiger partial charge in [0.2, 0.25) is 0 Å². The zero-order valence-corrected chi connectivity index (χ0v) is 10.7. The van der Waals surface area contributed by atoms with Crippen molar-refractivity contribution < 1.29 is 4.79 Å². The van der Waals surface area contributed by atoms with Gasteiger partial charge in [-0.05, 0) is 26.0 Å². The molecule has 0 aliphatic heterocycles. The SMILES string of the molecule is CCn1nc(CC(=O)CCCN)c2ccccc21. The summed E-state index contributed by atoms with van der Waals surface area (Å²) in [5.74, 6) is 0.215. The van der Waals surface area contributed by atoms with Gasteiger partial charge in [-0.3, -0.25) is 9.48 Å². The van der Waals surface area contributed by atoms with Gasteiger partial charge in [0.25, 0.3) is 0 Å². The van der Waals surface area contributed by atoms with E-state index in [-0.39, 0.29) is 5.78 Å². The van der Waals surface area contributed by atoms with E-state index >= 15 is 0 Å². The normalized spacial score (nSPS) is 11.0. The van der Waals surface area contributed by atoms with Crippen LogP contribution >= 0.6 is 0 Å². The van der Waals surface area contributed by atoms with E-state index in [0.29, 0.717) is 19.4 Å². The molecule has 4 heteroatoms. The third-order valence-corrected chi connectivity index (χ3v) is 3.06. The molecule has 0 aliphatic carbocycles. The van der Waals surface area contributed by atoms with E-state index in [1.807, 2.05) is 28.9 Å². The maximum atomic E-state index is 11.8. The average molecular weight is 245 g/mol. The Labute approximate surface area is 107 Å². The number of carbonyl (C=O) groups is 1. The van der Waals surface area contributed by atoms with Crippen LogP contribution in [0.1, 0.15) is 25.5 Å². The van der Waals surface area contributed by atoms with Crippen molar-refractivity contribution in [1.82, 2.24) is 9.78 Å². The van der Waals surface area contributed by atoms with Crippen LogP contribution < -0.4 is 5.73 Å². The van der Waals surface area contributed by atoms with Gasteiger partial charge in [0.05, 0.1) is 17.6 Å². The number of nitrogens with two attached hydrogens (primary N) is 1. The zero-order chi connectivity index (χ0) is 13.0. The van der Waals surface area contributed by atoms with E-state index < -0.39 is 0 Å². The standard InChI is InChI=1S/C14H19N3O/c1-2-17-14-8-4-3-7-12(14)13(16-17)10-11(18)6-5-9-15/h3-4,7-8H,2,5-6,9-10,15H2,1H3. The van der Waals surface area contributed by atoms with Gasteiger partial charge in [0.15, 0.2) is 0 Å².